The summed E-state index contributed by atoms with van der Waals surface area (Å²) in [5.74, 6) is 1.79. The van der Waals surface area contributed by atoms with E-state index >= 15 is 0 Å². The highest BCUT2D eigenvalue weighted by Crippen LogP contribution is 2.31. The van der Waals surface area contributed by atoms with E-state index < -0.39 is 0 Å². The molecule has 3 rings (SSSR count). The number of likely N-dealkylation sites (tertiary alicyclic amines) is 2. The van der Waals surface area contributed by atoms with Crippen molar-refractivity contribution in [2.75, 3.05) is 33.2 Å². The zero-order chi connectivity index (χ0) is 13.6. The van der Waals surface area contributed by atoms with Crippen LogP contribution in [0.15, 0.2) is 6.20 Å². The van der Waals surface area contributed by atoms with Gasteiger partial charge >= 0.3 is 0 Å². The lowest BCUT2D eigenvalue weighted by molar-refractivity contribution is 0.271. The normalized spacial score (nSPS) is 28.5. The molecule has 1 aromatic rings. The fraction of sp³-hybridized carbons (Fsp3) is 0.800. The van der Waals surface area contributed by atoms with Crippen molar-refractivity contribution >= 4 is 0 Å². The van der Waals surface area contributed by atoms with Gasteiger partial charge in [0.1, 0.15) is 0 Å². The van der Waals surface area contributed by atoms with Crippen molar-refractivity contribution in [3.63, 3.8) is 0 Å². The Labute approximate surface area is 116 Å². The van der Waals surface area contributed by atoms with Crippen LogP contribution >= 0.6 is 0 Å². The molecule has 0 radical (unpaired) electrons. The second-order valence-electron chi connectivity index (χ2n) is 6.75. The van der Waals surface area contributed by atoms with Crippen LogP contribution in [0, 0.1) is 18.8 Å². The van der Waals surface area contributed by atoms with E-state index in [9.17, 15) is 0 Å². The molecule has 2 atom stereocenters. The number of hydrogen-bond acceptors (Lipinski definition) is 3. The summed E-state index contributed by atoms with van der Waals surface area (Å²) >= 11 is 0. The Morgan fingerprint density at radius 3 is 2.37 bits per heavy atom. The number of aromatic nitrogens is 2. The lowest BCUT2D eigenvalue weighted by Gasteiger charge is -2.18. The summed E-state index contributed by atoms with van der Waals surface area (Å²) < 4.78 is 2.09. The van der Waals surface area contributed by atoms with E-state index in [4.69, 9.17) is 0 Å². The first-order valence-corrected chi connectivity index (χ1v) is 7.48. The predicted octanol–water partition coefficient (Wildman–Crippen LogP) is 1.77. The van der Waals surface area contributed by atoms with Gasteiger partial charge in [-0.1, -0.05) is 0 Å². The molecule has 2 aliphatic heterocycles. The molecule has 0 spiro atoms. The molecular weight excluding hydrogens is 236 g/mol. The van der Waals surface area contributed by atoms with E-state index in [1.54, 1.807) is 0 Å². The molecule has 0 N–H and O–H groups in total. The zero-order valence-electron chi connectivity index (χ0n) is 12.6. The Bertz CT molecular complexity index is 437. The number of aryl methyl sites for hydroxylation is 1. The maximum atomic E-state index is 4.62. The molecule has 0 unspecified atom stereocenters. The van der Waals surface area contributed by atoms with Gasteiger partial charge in [-0.15, -0.1) is 0 Å². The van der Waals surface area contributed by atoms with Gasteiger partial charge in [0, 0.05) is 50.5 Å². The van der Waals surface area contributed by atoms with Gasteiger partial charge in [-0.2, -0.15) is 5.10 Å². The summed E-state index contributed by atoms with van der Waals surface area (Å²) in [5.41, 5.74) is 2.60. The van der Waals surface area contributed by atoms with Crippen molar-refractivity contribution in [1.82, 2.24) is 19.6 Å². The van der Waals surface area contributed by atoms with Crippen LogP contribution in [0.25, 0.3) is 0 Å². The highest BCUT2D eigenvalue weighted by molar-refractivity contribution is 5.16. The average molecular weight is 262 g/mol. The highest BCUT2D eigenvalue weighted by atomic mass is 15.3. The van der Waals surface area contributed by atoms with E-state index in [2.05, 4.69) is 53.6 Å². The molecule has 19 heavy (non-hydrogen) atoms. The average Bonchev–Trinajstić information content (AvgIpc) is 2.93. The van der Waals surface area contributed by atoms with Gasteiger partial charge in [0.2, 0.25) is 0 Å². The van der Waals surface area contributed by atoms with Crippen LogP contribution in [0.5, 0.6) is 0 Å². The third-order valence-corrected chi connectivity index (χ3v) is 4.69. The van der Waals surface area contributed by atoms with Crippen molar-refractivity contribution in [2.45, 2.75) is 33.4 Å². The van der Waals surface area contributed by atoms with Gasteiger partial charge < -0.3 is 4.90 Å². The topological polar surface area (TPSA) is 24.3 Å². The summed E-state index contributed by atoms with van der Waals surface area (Å²) in [6.45, 7) is 12.7. The summed E-state index contributed by atoms with van der Waals surface area (Å²) in [7, 11) is 2.25. The second kappa shape index (κ2) is 4.91. The summed E-state index contributed by atoms with van der Waals surface area (Å²) in [5, 5.41) is 4.62. The van der Waals surface area contributed by atoms with Gasteiger partial charge in [-0.25, -0.2) is 0 Å². The third kappa shape index (κ3) is 2.56. The second-order valence-corrected chi connectivity index (χ2v) is 6.75. The quantitative estimate of drug-likeness (QED) is 0.829. The SMILES string of the molecule is Cc1nn(C(C)C)cc1CN1C[C@H]2CN(C)C[C@H]2C1. The molecule has 0 amide bonds. The maximum absolute atomic E-state index is 4.62. The number of nitrogens with zero attached hydrogens (tertiary/aromatic N) is 4. The van der Waals surface area contributed by atoms with Gasteiger partial charge in [-0.05, 0) is 39.7 Å². The minimum Gasteiger partial charge on any atom is -0.306 e. The molecule has 4 nitrogen and oxygen atoms in total. The van der Waals surface area contributed by atoms with Gasteiger partial charge in [0.05, 0.1) is 5.69 Å². The molecule has 2 fully saturated rings. The molecule has 3 heterocycles. The lowest BCUT2D eigenvalue weighted by atomic mass is 10.0. The van der Waals surface area contributed by atoms with E-state index in [-0.39, 0.29) is 0 Å². The molecule has 4 heteroatoms. The van der Waals surface area contributed by atoms with Crippen LogP contribution < -0.4 is 0 Å². The molecule has 0 bridgehead atoms. The maximum Gasteiger partial charge on any atom is 0.0638 e. The Hall–Kier alpha value is -0.870. The van der Waals surface area contributed by atoms with E-state index in [1.165, 1.54) is 37.4 Å². The smallest absolute Gasteiger partial charge is 0.0638 e. The Balaban J connectivity index is 1.64. The third-order valence-electron chi connectivity index (χ3n) is 4.69. The van der Waals surface area contributed by atoms with Gasteiger partial charge in [0.15, 0.2) is 0 Å². The number of hydrogen-bond donors (Lipinski definition) is 0. The summed E-state index contributed by atoms with van der Waals surface area (Å²) in [6, 6.07) is 0.457. The largest absolute Gasteiger partial charge is 0.306 e. The Kier molecular flexibility index (Phi) is 3.39. The first kappa shape index (κ1) is 13.1. The number of rotatable bonds is 3. The van der Waals surface area contributed by atoms with Crippen LogP contribution in [0.3, 0.4) is 0 Å². The fourth-order valence-corrected chi connectivity index (χ4v) is 3.63. The van der Waals surface area contributed by atoms with E-state index in [1.807, 2.05) is 0 Å². The minimum atomic E-state index is 0.457. The predicted molar refractivity (Wildman–Crippen MR) is 77.1 cm³/mol. The van der Waals surface area contributed by atoms with Crippen molar-refractivity contribution < 1.29 is 0 Å². The monoisotopic (exact) mass is 262 g/mol. The molecule has 106 valence electrons. The zero-order valence-corrected chi connectivity index (χ0v) is 12.6. The molecular formula is C15H26N4. The van der Waals surface area contributed by atoms with Crippen LogP contribution in [0.1, 0.15) is 31.1 Å². The van der Waals surface area contributed by atoms with E-state index in [0.29, 0.717) is 6.04 Å². The summed E-state index contributed by atoms with van der Waals surface area (Å²) in [4.78, 5) is 5.10. The van der Waals surface area contributed by atoms with Crippen LogP contribution in [-0.2, 0) is 6.54 Å². The number of fused-ring (bicyclic) bond motifs is 1. The van der Waals surface area contributed by atoms with Crippen LogP contribution in [0.4, 0.5) is 0 Å². The van der Waals surface area contributed by atoms with E-state index in [0.717, 1.165) is 18.4 Å². The van der Waals surface area contributed by atoms with Crippen molar-refractivity contribution in [3.8, 4) is 0 Å². The van der Waals surface area contributed by atoms with Crippen molar-refractivity contribution in [1.29, 1.82) is 0 Å². The lowest BCUT2D eigenvalue weighted by Crippen LogP contribution is -2.26. The molecule has 2 aliphatic rings. The van der Waals surface area contributed by atoms with Crippen LogP contribution in [-0.4, -0.2) is 52.8 Å². The van der Waals surface area contributed by atoms with Crippen LogP contribution in [0.2, 0.25) is 0 Å². The Morgan fingerprint density at radius 1 is 1.21 bits per heavy atom. The molecule has 2 saturated heterocycles. The minimum absolute atomic E-state index is 0.457. The molecule has 0 aromatic carbocycles. The molecule has 1 aromatic heterocycles. The molecule has 0 aliphatic carbocycles. The highest BCUT2D eigenvalue weighted by Gasteiger charge is 2.38. The first-order chi connectivity index (χ1) is 9.02. The first-order valence-electron chi connectivity index (χ1n) is 7.48. The van der Waals surface area contributed by atoms with Gasteiger partial charge in [-0.3, -0.25) is 9.58 Å². The summed E-state index contributed by atoms with van der Waals surface area (Å²) in [6.07, 6.45) is 2.24. The van der Waals surface area contributed by atoms with Gasteiger partial charge in [0.25, 0.3) is 0 Å². The fourth-order valence-electron chi connectivity index (χ4n) is 3.63. The standard InChI is InChI=1S/C15H26N4/c1-11(2)19-10-13(12(3)16-19)7-18-8-14-5-17(4)6-15(14)9-18/h10-11,14-15H,5-9H2,1-4H3/t14-,15+. The van der Waals surface area contributed by atoms with Crippen molar-refractivity contribution in [2.24, 2.45) is 11.8 Å². The molecule has 0 saturated carbocycles. The van der Waals surface area contributed by atoms with Crippen molar-refractivity contribution in [3.05, 3.63) is 17.5 Å². The Morgan fingerprint density at radius 2 is 1.84 bits per heavy atom.